The number of rotatable bonds is 3. The van der Waals surface area contributed by atoms with Gasteiger partial charge in [0.25, 0.3) is 0 Å². The lowest BCUT2D eigenvalue weighted by atomic mass is 9.97. The summed E-state index contributed by atoms with van der Waals surface area (Å²) < 4.78 is 18.1. The first kappa shape index (κ1) is 27.7. The Hall–Kier alpha value is -7.11. The molecule has 242 valence electrons. The molecule has 0 unspecified atom stereocenters. The summed E-state index contributed by atoms with van der Waals surface area (Å²) in [5.74, 6) is 0.762. The fraction of sp³-hybridized carbons (Fsp3) is 0. The summed E-state index contributed by atoms with van der Waals surface area (Å²) in [5.41, 5.74) is 10.9. The normalized spacial score (nSPS) is 12.2. The zero-order valence-electron chi connectivity index (χ0n) is 27.7. The fourth-order valence-electron chi connectivity index (χ4n) is 8.63. The van der Waals surface area contributed by atoms with E-state index in [2.05, 4.69) is 143 Å². The van der Waals surface area contributed by atoms with Crippen molar-refractivity contribution in [3.05, 3.63) is 164 Å². The molecule has 0 fully saturated rings. The van der Waals surface area contributed by atoms with Crippen LogP contribution in [0, 0.1) is 0 Å². The van der Waals surface area contributed by atoms with Gasteiger partial charge in [-0.3, -0.25) is 4.57 Å². The molecule has 0 aliphatic heterocycles. The zero-order valence-corrected chi connectivity index (χ0v) is 27.7. The Kier molecular flexibility index (Phi) is 5.44. The van der Waals surface area contributed by atoms with Crippen molar-refractivity contribution in [2.45, 2.75) is 0 Å². The van der Waals surface area contributed by atoms with Gasteiger partial charge in [0.15, 0.2) is 17.0 Å². The monoisotopic (exact) mass is 665 g/mol. The highest BCUT2D eigenvalue weighted by atomic mass is 16.3. The van der Waals surface area contributed by atoms with E-state index in [0.29, 0.717) is 0 Å². The van der Waals surface area contributed by atoms with Crippen molar-refractivity contribution in [2.24, 2.45) is 0 Å². The molecule has 0 aliphatic rings. The van der Waals surface area contributed by atoms with Gasteiger partial charge in [-0.15, -0.1) is 0 Å². The maximum atomic E-state index is 6.71. The molecule has 0 N–H and O–H groups in total. The third-order valence-electron chi connectivity index (χ3n) is 10.8. The van der Waals surface area contributed by atoms with E-state index >= 15 is 0 Å². The third-order valence-corrected chi connectivity index (χ3v) is 10.8. The minimum absolute atomic E-state index is 0.762. The van der Waals surface area contributed by atoms with Crippen LogP contribution >= 0.6 is 0 Å². The second-order valence-corrected chi connectivity index (χ2v) is 13.5. The van der Waals surface area contributed by atoms with Crippen molar-refractivity contribution in [1.29, 1.82) is 0 Å². The lowest BCUT2D eigenvalue weighted by Gasteiger charge is -2.16. The molecule has 12 rings (SSSR count). The number of nitrogens with zero attached hydrogens (tertiary/aromatic N) is 3. The second kappa shape index (κ2) is 10.2. The van der Waals surface area contributed by atoms with Gasteiger partial charge >= 0.3 is 0 Å². The van der Waals surface area contributed by atoms with Crippen molar-refractivity contribution >= 4 is 87.5 Å². The Morgan fingerprint density at radius 2 is 0.942 bits per heavy atom. The molecule has 5 nitrogen and oxygen atoms in total. The van der Waals surface area contributed by atoms with Gasteiger partial charge in [-0.05, 0) is 48.0 Å². The number of hydrogen-bond acceptors (Lipinski definition) is 3. The van der Waals surface area contributed by atoms with E-state index < -0.39 is 0 Å². The summed E-state index contributed by atoms with van der Waals surface area (Å²) >= 11 is 0. The first-order chi connectivity index (χ1) is 25.8. The molecule has 12 aromatic rings. The highest BCUT2D eigenvalue weighted by Crippen LogP contribution is 2.48. The number of hydrogen-bond donors (Lipinski definition) is 0. The van der Waals surface area contributed by atoms with Crippen LogP contribution in [-0.4, -0.2) is 14.1 Å². The number of pyridine rings is 1. The Labute approximate surface area is 296 Å². The average Bonchev–Trinajstić information content (AvgIpc) is 3.95. The maximum Gasteiger partial charge on any atom is 0.181 e. The Morgan fingerprint density at radius 1 is 0.404 bits per heavy atom. The lowest BCUT2D eigenvalue weighted by Crippen LogP contribution is -2.01. The molecule has 5 heterocycles. The third kappa shape index (κ3) is 3.59. The highest BCUT2D eigenvalue weighted by Gasteiger charge is 2.27. The maximum absolute atomic E-state index is 6.71. The number of benzene rings is 7. The summed E-state index contributed by atoms with van der Waals surface area (Å²) in [4.78, 5) is 5.10. The molecule has 5 heteroatoms. The number of aromatic nitrogens is 3. The predicted molar refractivity (Wildman–Crippen MR) is 213 cm³/mol. The van der Waals surface area contributed by atoms with Crippen molar-refractivity contribution in [1.82, 2.24) is 14.1 Å². The second-order valence-electron chi connectivity index (χ2n) is 13.5. The van der Waals surface area contributed by atoms with Gasteiger partial charge in [-0.2, -0.15) is 0 Å². The molecule has 0 radical (unpaired) electrons. The van der Waals surface area contributed by atoms with Gasteiger partial charge in [0.2, 0.25) is 0 Å². The summed E-state index contributed by atoms with van der Waals surface area (Å²) in [7, 11) is 0. The fourth-order valence-corrected chi connectivity index (χ4v) is 8.63. The molecule has 52 heavy (non-hydrogen) atoms. The number of fused-ring (bicyclic) bond motifs is 12. The molecule has 0 amide bonds. The van der Waals surface area contributed by atoms with E-state index in [9.17, 15) is 0 Å². The molecule has 0 aliphatic carbocycles. The van der Waals surface area contributed by atoms with E-state index in [-0.39, 0.29) is 0 Å². The summed E-state index contributed by atoms with van der Waals surface area (Å²) in [6.07, 6.45) is 1.90. The topological polar surface area (TPSA) is 49.0 Å². The van der Waals surface area contributed by atoms with Crippen LogP contribution in [0.5, 0.6) is 0 Å². The van der Waals surface area contributed by atoms with Crippen LogP contribution in [-0.2, 0) is 0 Å². The lowest BCUT2D eigenvalue weighted by molar-refractivity contribution is 0.663. The number of para-hydroxylation sites is 5. The first-order valence-corrected chi connectivity index (χ1v) is 17.6. The van der Waals surface area contributed by atoms with E-state index in [1.165, 1.54) is 10.8 Å². The van der Waals surface area contributed by atoms with Crippen LogP contribution in [0.25, 0.3) is 110 Å². The highest BCUT2D eigenvalue weighted by molar-refractivity contribution is 6.26. The first-order valence-electron chi connectivity index (χ1n) is 17.6. The molecule has 0 saturated heterocycles. The Morgan fingerprint density at radius 3 is 1.65 bits per heavy atom. The molecular formula is C47H27N3O2. The SMILES string of the molecule is c1ccc(-c2c3c(cc4c5ccccc5n(-c5nccc6c5oc5ccccc56)c24)c2ccccc2n3-c2cccc3c2oc2ccccc23)cc1. The van der Waals surface area contributed by atoms with Crippen molar-refractivity contribution in [3.8, 4) is 22.6 Å². The van der Waals surface area contributed by atoms with Gasteiger partial charge in [0.05, 0.1) is 27.8 Å². The van der Waals surface area contributed by atoms with Crippen molar-refractivity contribution in [3.63, 3.8) is 0 Å². The quantitative estimate of drug-likeness (QED) is 0.189. The minimum Gasteiger partial charge on any atom is -0.454 e. The van der Waals surface area contributed by atoms with Gasteiger partial charge in [-0.25, -0.2) is 4.98 Å². The van der Waals surface area contributed by atoms with Gasteiger partial charge in [-0.1, -0.05) is 115 Å². The minimum atomic E-state index is 0.762. The van der Waals surface area contributed by atoms with Crippen LogP contribution in [0.2, 0.25) is 0 Å². The van der Waals surface area contributed by atoms with Crippen molar-refractivity contribution < 1.29 is 8.83 Å². The van der Waals surface area contributed by atoms with Gasteiger partial charge in [0.1, 0.15) is 11.2 Å². The summed E-state index contributed by atoms with van der Waals surface area (Å²) in [6, 6.07) is 55.6. The predicted octanol–water partition coefficient (Wildman–Crippen LogP) is 12.7. The molecule has 0 saturated carbocycles. The van der Waals surface area contributed by atoms with Crippen LogP contribution in [0.1, 0.15) is 0 Å². The van der Waals surface area contributed by atoms with Gasteiger partial charge in [0, 0.05) is 54.9 Å². The Balaban J connectivity index is 1.34. The zero-order chi connectivity index (χ0) is 33.9. The van der Waals surface area contributed by atoms with Crippen LogP contribution in [0.4, 0.5) is 0 Å². The molecule has 0 bridgehead atoms. The van der Waals surface area contributed by atoms with E-state index in [0.717, 1.165) is 99.3 Å². The van der Waals surface area contributed by atoms with Crippen LogP contribution in [0.15, 0.2) is 173 Å². The van der Waals surface area contributed by atoms with E-state index in [1.54, 1.807) is 0 Å². The van der Waals surface area contributed by atoms with Crippen molar-refractivity contribution in [2.75, 3.05) is 0 Å². The smallest absolute Gasteiger partial charge is 0.181 e. The standard InChI is InChI=1S/C47H27N3O2/c1-2-13-28(14-3-1)42-43-35(29-15-4-8-20-37(29)49(43)39-22-12-19-33-31-17-6-10-23-40(31)51-45(33)39)27-36-30-16-5-9-21-38(30)50(44(36)42)47-46-34(25-26-48-47)32-18-7-11-24-41(32)52-46/h1-27H. The average molecular weight is 666 g/mol. The summed E-state index contributed by atoms with van der Waals surface area (Å²) in [6.45, 7) is 0. The molecule has 5 aromatic heterocycles. The number of furan rings is 2. The molecular weight excluding hydrogens is 639 g/mol. The summed E-state index contributed by atoms with van der Waals surface area (Å²) in [5, 5.41) is 8.98. The molecule has 0 spiro atoms. The van der Waals surface area contributed by atoms with E-state index in [1.807, 2.05) is 30.5 Å². The Bertz CT molecular complexity index is 3210. The molecule has 7 aromatic carbocycles. The van der Waals surface area contributed by atoms with Crippen LogP contribution < -0.4 is 0 Å². The largest absolute Gasteiger partial charge is 0.454 e. The van der Waals surface area contributed by atoms with Crippen LogP contribution in [0.3, 0.4) is 0 Å². The molecule has 0 atom stereocenters. The van der Waals surface area contributed by atoms with Gasteiger partial charge < -0.3 is 13.4 Å². The van der Waals surface area contributed by atoms with E-state index in [4.69, 9.17) is 13.8 Å².